The van der Waals surface area contributed by atoms with Crippen LogP contribution in [0.5, 0.6) is 0 Å². The Labute approximate surface area is 221 Å². The Morgan fingerprint density at radius 3 is 2.38 bits per heavy atom. The minimum absolute atomic E-state index is 0.000947. The Bertz CT molecular complexity index is 764. The van der Waals surface area contributed by atoms with Gasteiger partial charge in [-0.2, -0.15) is 0 Å². The molecule has 1 aromatic heterocycles. The third kappa shape index (κ3) is 9.07. The number of carbonyl (C=O) groups excluding carboxylic acids is 1. The molecule has 0 unspecified atom stereocenters. The summed E-state index contributed by atoms with van der Waals surface area (Å²) in [5.74, 6) is 1.27. The number of aromatic nitrogens is 3. The molecule has 0 spiro atoms. The van der Waals surface area contributed by atoms with Crippen LogP contribution in [0.2, 0.25) is 0 Å². The van der Waals surface area contributed by atoms with Gasteiger partial charge < -0.3 is 9.47 Å². The van der Waals surface area contributed by atoms with E-state index >= 15 is 0 Å². The van der Waals surface area contributed by atoms with Gasteiger partial charge in [0.25, 0.3) is 0 Å². The van der Waals surface area contributed by atoms with E-state index in [2.05, 4.69) is 72.2 Å². The van der Waals surface area contributed by atoms with Crippen molar-refractivity contribution >= 4 is 28.6 Å². The average Bonchev–Trinajstić information content (AvgIpc) is 3.05. The van der Waals surface area contributed by atoms with Crippen molar-refractivity contribution in [2.75, 3.05) is 13.2 Å². The molecule has 0 aliphatic heterocycles. The Morgan fingerprint density at radius 1 is 1.15 bits per heavy atom. The van der Waals surface area contributed by atoms with Crippen LogP contribution in [0.25, 0.3) is 0 Å². The molecule has 196 valence electrons. The number of hydrogen-bond acceptors (Lipinski definition) is 5. The smallest absolute Gasteiger partial charge is 0.306 e. The summed E-state index contributed by atoms with van der Waals surface area (Å²) >= 11 is 2.38. The predicted octanol–water partition coefficient (Wildman–Crippen LogP) is 7.32. The van der Waals surface area contributed by atoms with Crippen LogP contribution in [0.4, 0.5) is 0 Å². The second-order valence-corrected chi connectivity index (χ2v) is 13.2. The van der Waals surface area contributed by atoms with Crippen LogP contribution < -0.4 is 0 Å². The van der Waals surface area contributed by atoms with Crippen LogP contribution in [0.3, 0.4) is 0 Å². The lowest BCUT2D eigenvalue weighted by Gasteiger charge is -2.41. The molecule has 1 saturated carbocycles. The SMILES string of the molecule is CCCCOCCC[C@@H](CC(=O)OC(C)(C)C)c1nnn(C2CC(CC(C)(C)C(C)C)C2)c1I. The first-order chi connectivity index (χ1) is 15.8. The summed E-state index contributed by atoms with van der Waals surface area (Å²) in [6.07, 6.45) is 7.89. The van der Waals surface area contributed by atoms with E-state index in [0.29, 0.717) is 30.4 Å². The number of esters is 1. The van der Waals surface area contributed by atoms with Gasteiger partial charge in [0.05, 0.1) is 18.2 Å². The second kappa shape index (κ2) is 13.0. The van der Waals surface area contributed by atoms with E-state index in [4.69, 9.17) is 9.47 Å². The van der Waals surface area contributed by atoms with Crippen LogP contribution in [0, 0.1) is 21.0 Å². The maximum Gasteiger partial charge on any atom is 0.306 e. The third-order valence-corrected chi connectivity index (χ3v) is 8.35. The lowest BCUT2D eigenvalue weighted by Crippen LogP contribution is -2.33. The molecule has 1 aliphatic rings. The van der Waals surface area contributed by atoms with Gasteiger partial charge >= 0.3 is 5.97 Å². The molecule has 0 radical (unpaired) electrons. The Kier molecular flexibility index (Phi) is 11.3. The number of carbonyl (C=O) groups is 1. The van der Waals surface area contributed by atoms with Gasteiger partial charge in [0.15, 0.2) is 0 Å². The van der Waals surface area contributed by atoms with Crippen molar-refractivity contribution in [3.05, 3.63) is 9.39 Å². The predicted molar refractivity (Wildman–Crippen MR) is 146 cm³/mol. The first kappa shape index (κ1) is 29.5. The van der Waals surface area contributed by atoms with Crippen LogP contribution in [-0.2, 0) is 14.3 Å². The minimum Gasteiger partial charge on any atom is -0.460 e. The number of rotatable bonds is 14. The number of nitrogens with zero attached hydrogens (tertiary/aromatic N) is 3. The van der Waals surface area contributed by atoms with Crippen LogP contribution in [0.15, 0.2) is 0 Å². The van der Waals surface area contributed by atoms with E-state index < -0.39 is 5.60 Å². The van der Waals surface area contributed by atoms with Crippen LogP contribution in [-0.4, -0.2) is 39.8 Å². The Morgan fingerprint density at radius 2 is 1.79 bits per heavy atom. The quantitative estimate of drug-likeness (QED) is 0.129. The Balaban J connectivity index is 2.02. The second-order valence-electron chi connectivity index (χ2n) is 12.1. The summed E-state index contributed by atoms with van der Waals surface area (Å²) in [6, 6.07) is 0.417. The number of halogens is 1. The van der Waals surface area contributed by atoms with Crippen molar-refractivity contribution in [3.63, 3.8) is 0 Å². The van der Waals surface area contributed by atoms with Gasteiger partial charge in [0.2, 0.25) is 0 Å². The van der Waals surface area contributed by atoms with Gasteiger partial charge in [-0.15, -0.1) is 5.10 Å². The van der Waals surface area contributed by atoms with Crippen molar-refractivity contribution in [1.82, 2.24) is 15.0 Å². The topological polar surface area (TPSA) is 66.2 Å². The Hall–Kier alpha value is -0.700. The van der Waals surface area contributed by atoms with Crippen molar-refractivity contribution in [2.24, 2.45) is 17.3 Å². The summed E-state index contributed by atoms with van der Waals surface area (Å²) in [5.41, 5.74) is 0.819. The van der Waals surface area contributed by atoms with Crippen molar-refractivity contribution in [2.45, 2.75) is 124 Å². The zero-order valence-electron chi connectivity index (χ0n) is 22.8. The molecule has 0 bridgehead atoms. The number of unbranched alkanes of at least 4 members (excludes halogenated alkanes) is 1. The normalized spacial score (nSPS) is 19.8. The molecule has 6 nitrogen and oxygen atoms in total. The first-order valence-electron chi connectivity index (χ1n) is 13.2. The molecule has 0 amide bonds. The van der Waals surface area contributed by atoms with Gasteiger partial charge in [-0.3, -0.25) is 4.79 Å². The van der Waals surface area contributed by atoms with E-state index in [9.17, 15) is 4.79 Å². The van der Waals surface area contributed by atoms with Crippen LogP contribution in [0.1, 0.15) is 124 Å². The molecule has 7 heteroatoms. The highest BCUT2D eigenvalue weighted by Crippen LogP contribution is 2.46. The lowest BCUT2D eigenvalue weighted by atomic mass is 9.67. The van der Waals surface area contributed by atoms with Crippen molar-refractivity contribution in [1.29, 1.82) is 0 Å². The van der Waals surface area contributed by atoms with E-state index in [-0.39, 0.29) is 11.9 Å². The maximum absolute atomic E-state index is 12.7. The van der Waals surface area contributed by atoms with Gasteiger partial charge in [0, 0.05) is 19.1 Å². The summed E-state index contributed by atoms with van der Waals surface area (Å²) in [6.45, 7) is 18.8. The van der Waals surface area contributed by atoms with Crippen LogP contribution >= 0.6 is 22.6 Å². The average molecular weight is 590 g/mol. The molecule has 0 N–H and O–H groups in total. The van der Waals surface area contributed by atoms with Gasteiger partial charge in [0.1, 0.15) is 9.30 Å². The zero-order valence-corrected chi connectivity index (χ0v) is 25.0. The molecule has 2 rings (SSSR count). The van der Waals surface area contributed by atoms with Crippen molar-refractivity contribution < 1.29 is 14.3 Å². The molecule has 1 heterocycles. The van der Waals surface area contributed by atoms with Gasteiger partial charge in [-0.05, 0) is 99.1 Å². The maximum atomic E-state index is 12.7. The van der Waals surface area contributed by atoms with E-state index in [1.54, 1.807) is 0 Å². The molecular weight excluding hydrogens is 541 g/mol. The highest BCUT2D eigenvalue weighted by molar-refractivity contribution is 14.1. The highest BCUT2D eigenvalue weighted by atomic mass is 127. The fraction of sp³-hybridized carbons (Fsp3) is 0.889. The fourth-order valence-corrected chi connectivity index (χ4v) is 5.56. The van der Waals surface area contributed by atoms with Crippen molar-refractivity contribution in [3.8, 4) is 0 Å². The molecule has 1 fully saturated rings. The summed E-state index contributed by atoms with van der Waals surface area (Å²) in [5, 5.41) is 9.13. The largest absolute Gasteiger partial charge is 0.460 e. The zero-order chi connectivity index (χ0) is 25.5. The molecule has 0 saturated heterocycles. The molecule has 0 aromatic carbocycles. The highest BCUT2D eigenvalue weighted by Gasteiger charge is 2.38. The first-order valence-corrected chi connectivity index (χ1v) is 14.3. The lowest BCUT2D eigenvalue weighted by molar-refractivity contribution is -0.155. The monoisotopic (exact) mass is 589 g/mol. The molecule has 34 heavy (non-hydrogen) atoms. The summed E-state index contributed by atoms with van der Waals surface area (Å²) < 4.78 is 14.6. The number of ether oxygens (including phenoxy) is 2. The molecule has 1 aromatic rings. The molecule has 1 aliphatic carbocycles. The molecular formula is C27H48IN3O3. The van der Waals surface area contributed by atoms with E-state index in [1.165, 1.54) is 6.42 Å². The fourth-order valence-electron chi connectivity index (χ4n) is 4.52. The minimum atomic E-state index is -0.486. The van der Waals surface area contributed by atoms with Gasteiger partial charge in [-0.25, -0.2) is 4.68 Å². The third-order valence-electron chi connectivity index (χ3n) is 7.30. The number of hydrogen-bond donors (Lipinski definition) is 0. The van der Waals surface area contributed by atoms with E-state index in [0.717, 1.165) is 60.4 Å². The van der Waals surface area contributed by atoms with E-state index in [1.807, 2.05) is 20.8 Å². The summed E-state index contributed by atoms with van der Waals surface area (Å²) in [4.78, 5) is 12.7. The van der Waals surface area contributed by atoms with Gasteiger partial charge in [-0.1, -0.05) is 46.3 Å². The summed E-state index contributed by atoms with van der Waals surface area (Å²) in [7, 11) is 0. The standard InChI is InChI=1S/C27H48IN3O3/c1-9-10-13-33-14-11-12-21(17-23(32)34-26(4,5)6)24-25(28)31(30-29-24)22-15-20(16-22)18-27(7,8)19(2)3/h19-22H,9-18H2,1-8H3/t20?,21-,22?/m0/s1. The molecule has 1 atom stereocenters.